The van der Waals surface area contributed by atoms with Crippen molar-refractivity contribution >= 4 is 33.5 Å². The number of aryl methyl sites for hydroxylation is 1. The van der Waals surface area contributed by atoms with E-state index in [0.717, 1.165) is 5.56 Å². The maximum atomic E-state index is 13.3. The molecule has 144 valence electrons. The van der Waals surface area contributed by atoms with Gasteiger partial charge in [-0.3, -0.25) is 4.98 Å². The van der Waals surface area contributed by atoms with Gasteiger partial charge in [0.05, 0.1) is 23.3 Å². The normalized spacial score (nSPS) is 18.3. The van der Waals surface area contributed by atoms with E-state index in [1.54, 1.807) is 18.5 Å². The van der Waals surface area contributed by atoms with E-state index >= 15 is 0 Å². The first-order valence-electron chi connectivity index (χ1n) is 8.48. The monoisotopic (exact) mass is 409 g/mol. The minimum absolute atomic E-state index is 0. The van der Waals surface area contributed by atoms with Crippen molar-refractivity contribution in [3.8, 4) is 0 Å². The molecular weight excluding hydrogens is 390 g/mol. The van der Waals surface area contributed by atoms with Crippen molar-refractivity contribution in [1.82, 2.24) is 24.7 Å². The van der Waals surface area contributed by atoms with Crippen molar-refractivity contribution < 1.29 is 12.9 Å². The fraction of sp³-hybridized carbons (Fsp3) is 0.353. The molecule has 4 rings (SSSR count). The van der Waals surface area contributed by atoms with Crippen molar-refractivity contribution in [3.63, 3.8) is 0 Å². The molecule has 0 bridgehead atoms. The van der Waals surface area contributed by atoms with Gasteiger partial charge in [0.25, 0.3) is 5.71 Å². The Morgan fingerprint density at radius 3 is 2.96 bits per heavy atom. The van der Waals surface area contributed by atoms with Crippen LogP contribution in [0.25, 0.3) is 11.1 Å². The maximum absolute atomic E-state index is 13.3. The molecule has 1 aliphatic heterocycles. The number of halogens is 1. The van der Waals surface area contributed by atoms with Crippen molar-refractivity contribution in [3.05, 3.63) is 48.0 Å². The largest absolute Gasteiger partial charge is 0.336 e. The van der Waals surface area contributed by atoms with E-state index in [4.69, 9.17) is 4.52 Å². The summed E-state index contributed by atoms with van der Waals surface area (Å²) in [6.07, 6.45) is 5.36. The number of rotatable bonds is 4. The molecule has 4 heterocycles. The van der Waals surface area contributed by atoms with Gasteiger partial charge in [0, 0.05) is 32.0 Å². The fourth-order valence-electron chi connectivity index (χ4n) is 3.22. The molecule has 1 unspecified atom stereocenters. The van der Waals surface area contributed by atoms with Crippen LogP contribution in [-0.4, -0.2) is 47.5 Å². The Kier molecular flexibility index (Phi) is 5.75. The molecule has 1 atom stereocenters. The standard InChI is InChI=1S/C17H19N5O3S.ClH/c1-2-15-14-8-13(10-20-17(14)25-21-15)26(23,24)22-7-6-19-11-16(22)12-4-3-5-18-9-12;/h3-5,8-10,16,19H,2,6-7,11H2,1H3;1H. The van der Waals surface area contributed by atoms with Crippen molar-refractivity contribution in [2.24, 2.45) is 0 Å². The van der Waals surface area contributed by atoms with Crippen molar-refractivity contribution in [1.29, 1.82) is 0 Å². The predicted octanol–water partition coefficient (Wildman–Crippen LogP) is 1.94. The van der Waals surface area contributed by atoms with Crippen LogP contribution in [0.1, 0.15) is 24.2 Å². The van der Waals surface area contributed by atoms with E-state index in [1.165, 1.54) is 10.5 Å². The summed E-state index contributed by atoms with van der Waals surface area (Å²) in [4.78, 5) is 8.42. The second-order valence-electron chi connectivity index (χ2n) is 6.13. The number of sulfonamides is 1. The minimum Gasteiger partial charge on any atom is -0.336 e. The van der Waals surface area contributed by atoms with E-state index < -0.39 is 10.0 Å². The van der Waals surface area contributed by atoms with Gasteiger partial charge in [-0.1, -0.05) is 18.1 Å². The number of nitrogens with one attached hydrogen (secondary N) is 1. The Labute approximate surface area is 163 Å². The minimum atomic E-state index is -3.72. The fourth-order valence-corrected chi connectivity index (χ4v) is 4.81. The van der Waals surface area contributed by atoms with Gasteiger partial charge in [0.15, 0.2) is 0 Å². The Balaban J connectivity index is 0.00000210. The molecule has 3 aromatic heterocycles. The molecule has 10 heteroatoms. The third-order valence-corrected chi connectivity index (χ3v) is 6.46. The molecule has 0 spiro atoms. The van der Waals surface area contributed by atoms with Gasteiger partial charge >= 0.3 is 0 Å². The summed E-state index contributed by atoms with van der Waals surface area (Å²) in [6, 6.07) is 5.00. The Morgan fingerprint density at radius 1 is 1.37 bits per heavy atom. The number of nitrogens with zero attached hydrogens (tertiary/aromatic N) is 4. The lowest BCUT2D eigenvalue weighted by Crippen LogP contribution is -2.48. The molecule has 1 N–H and O–H groups in total. The van der Waals surface area contributed by atoms with Gasteiger partial charge in [-0.2, -0.15) is 4.31 Å². The molecule has 0 radical (unpaired) electrons. The zero-order chi connectivity index (χ0) is 18.1. The first-order chi connectivity index (χ1) is 12.6. The Morgan fingerprint density at radius 2 is 2.22 bits per heavy atom. The average Bonchev–Trinajstić information content (AvgIpc) is 3.11. The highest BCUT2D eigenvalue weighted by Gasteiger charge is 2.35. The van der Waals surface area contributed by atoms with Gasteiger partial charge < -0.3 is 9.84 Å². The average molecular weight is 410 g/mol. The lowest BCUT2D eigenvalue weighted by Gasteiger charge is -2.35. The van der Waals surface area contributed by atoms with Crippen molar-refractivity contribution in [2.75, 3.05) is 19.6 Å². The molecule has 0 saturated carbocycles. The predicted molar refractivity (Wildman–Crippen MR) is 102 cm³/mol. The summed E-state index contributed by atoms with van der Waals surface area (Å²) in [5.41, 5.74) is 1.91. The molecule has 0 aromatic carbocycles. The summed E-state index contributed by atoms with van der Waals surface area (Å²) in [5, 5.41) is 7.84. The third-order valence-electron chi connectivity index (χ3n) is 4.58. The summed E-state index contributed by atoms with van der Waals surface area (Å²) in [5.74, 6) is 0. The number of piperazine rings is 1. The smallest absolute Gasteiger partial charge is 0.258 e. The molecule has 1 fully saturated rings. The maximum Gasteiger partial charge on any atom is 0.258 e. The SMILES string of the molecule is CCc1noc2ncc(S(=O)(=O)N3CCNCC3c3cccnc3)cc12.Cl. The molecule has 3 aromatic rings. The highest BCUT2D eigenvalue weighted by molar-refractivity contribution is 7.89. The molecule has 1 aliphatic rings. The van der Waals surface area contributed by atoms with Crippen LogP contribution in [0.3, 0.4) is 0 Å². The van der Waals surface area contributed by atoms with E-state index in [9.17, 15) is 8.42 Å². The Hall–Kier alpha value is -2.07. The van der Waals surface area contributed by atoms with Crippen molar-refractivity contribution in [2.45, 2.75) is 24.3 Å². The molecule has 0 aliphatic carbocycles. The molecule has 1 saturated heterocycles. The van der Waals surface area contributed by atoms with Crippen LogP contribution < -0.4 is 5.32 Å². The van der Waals surface area contributed by atoms with E-state index in [2.05, 4.69) is 20.4 Å². The number of hydrogen-bond acceptors (Lipinski definition) is 7. The lowest BCUT2D eigenvalue weighted by molar-refractivity contribution is 0.271. The zero-order valence-electron chi connectivity index (χ0n) is 14.7. The molecule has 8 nitrogen and oxygen atoms in total. The third kappa shape index (κ3) is 3.55. The molecule has 0 amide bonds. The first kappa shape index (κ1) is 19.7. The van der Waals surface area contributed by atoms with Crippen LogP contribution in [0, 0.1) is 0 Å². The molecular formula is C17H20ClN5O3S. The van der Waals surface area contributed by atoms with E-state index in [1.807, 2.05) is 19.1 Å². The highest BCUT2D eigenvalue weighted by Crippen LogP contribution is 2.30. The summed E-state index contributed by atoms with van der Waals surface area (Å²) < 4.78 is 33.3. The van der Waals surface area contributed by atoms with Gasteiger partial charge in [0.2, 0.25) is 10.0 Å². The highest BCUT2D eigenvalue weighted by atomic mass is 35.5. The van der Waals surface area contributed by atoms with E-state index in [-0.39, 0.29) is 23.3 Å². The molecule has 27 heavy (non-hydrogen) atoms. The van der Waals surface area contributed by atoms with E-state index in [0.29, 0.717) is 42.8 Å². The van der Waals surface area contributed by atoms with Crippen LogP contribution in [0.4, 0.5) is 0 Å². The van der Waals surface area contributed by atoms with Crippen LogP contribution in [0.2, 0.25) is 0 Å². The number of pyridine rings is 2. The topological polar surface area (TPSA) is 101 Å². The van der Waals surface area contributed by atoms with Gasteiger partial charge in [-0.25, -0.2) is 13.4 Å². The van der Waals surface area contributed by atoms with Crippen LogP contribution in [0.15, 0.2) is 46.2 Å². The van der Waals surface area contributed by atoms with Gasteiger partial charge in [-0.15, -0.1) is 12.4 Å². The number of aromatic nitrogens is 3. The second kappa shape index (κ2) is 7.89. The lowest BCUT2D eigenvalue weighted by atomic mass is 10.1. The Bertz CT molecular complexity index is 1030. The summed E-state index contributed by atoms with van der Waals surface area (Å²) in [7, 11) is -3.72. The van der Waals surface area contributed by atoms with Gasteiger partial charge in [0.1, 0.15) is 4.90 Å². The summed E-state index contributed by atoms with van der Waals surface area (Å²) >= 11 is 0. The van der Waals surface area contributed by atoms with Crippen LogP contribution in [0.5, 0.6) is 0 Å². The quantitative estimate of drug-likeness (QED) is 0.702. The second-order valence-corrected chi connectivity index (χ2v) is 8.02. The zero-order valence-corrected chi connectivity index (χ0v) is 16.3. The first-order valence-corrected chi connectivity index (χ1v) is 9.92. The van der Waals surface area contributed by atoms with Gasteiger partial charge in [-0.05, 0) is 24.1 Å². The van der Waals surface area contributed by atoms with Crippen LogP contribution in [-0.2, 0) is 16.4 Å². The number of hydrogen-bond donors (Lipinski definition) is 1. The summed E-state index contributed by atoms with van der Waals surface area (Å²) in [6.45, 7) is 3.45. The number of fused-ring (bicyclic) bond motifs is 1. The van der Waals surface area contributed by atoms with Crippen LogP contribution >= 0.6 is 12.4 Å².